The molecule has 3 aromatic rings. The Kier molecular flexibility index (Phi) is 3.55. The number of nitrogens with zero attached hydrogens (tertiary/aromatic N) is 1. The van der Waals surface area contributed by atoms with Gasteiger partial charge in [0.2, 0.25) is 5.91 Å². The number of carbonyl (C=O) groups is 1. The highest BCUT2D eigenvalue weighted by atomic mass is 16.6. The molecule has 2 atom stereocenters. The zero-order valence-electron chi connectivity index (χ0n) is 14.2. The van der Waals surface area contributed by atoms with Crippen molar-refractivity contribution >= 4 is 16.9 Å². The summed E-state index contributed by atoms with van der Waals surface area (Å²) in [4.78, 5) is 20.2. The van der Waals surface area contributed by atoms with Crippen LogP contribution in [0.1, 0.15) is 23.7 Å². The number of aromatic amines is 1. The van der Waals surface area contributed by atoms with Crippen molar-refractivity contribution in [2.24, 2.45) is 5.92 Å². The van der Waals surface area contributed by atoms with Gasteiger partial charge in [-0.05, 0) is 42.2 Å². The molecule has 1 aliphatic heterocycles. The lowest BCUT2D eigenvalue weighted by Crippen LogP contribution is -2.25. The van der Waals surface area contributed by atoms with Crippen molar-refractivity contribution in [3.05, 3.63) is 53.9 Å². The third-order valence-corrected chi connectivity index (χ3v) is 4.99. The summed E-state index contributed by atoms with van der Waals surface area (Å²) in [6.45, 7) is 1.57. The lowest BCUT2D eigenvalue weighted by Gasteiger charge is -2.18. The summed E-state index contributed by atoms with van der Waals surface area (Å²) in [6, 6.07) is 13.8. The van der Waals surface area contributed by atoms with Crippen LogP contribution in [0.3, 0.4) is 0 Å². The summed E-state index contributed by atoms with van der Waals surface area (Å²) in [5, 5.41) is 3.00. The minimum Gasteiger partial charge on any atom is -0.486 e. The van der Waals surface area contributed by atoms with Gasteiger partial charge in [-0.1, -0.05) is 18.2 Å². The first-order chi connectivity index (χ1) is 12.8. The van der Waals surface area contributed by atoms with Crippen LogP contribution in [0.25, 0.3) is 11.0 Å². The minimum atomic E-state index is 0.0157. The maximum atomic E-state index is 12.5. The smallest absolute Gasteiger partial charge is 0.224 e. The molecule has 6 heteroatoms. The van der Waals surface area contributed by atoms with E-state index in [0.29, 0.717) is 19.8 Å². The predicted molar refractivity (Wildman–Crippen MR) is 96.2 cm³/mol. The van der Waals surface area contributed by atoms with Gasteiger partial charge >= 0.3 is 0 Å². The maximum Gasteiger partial charge on any atom is 0.224 e. The maximum absolute atomic E-state index is 12.5. The Bertz CT molecular complexity index is 948. The standard InChI is InChI=1S/C20H19N3O3/c24-20(21-11-19-22-15-3-1-2-4-16(15)23-19)14-10-13(14)12-5-6-17-18(9-12)26-8-7-25-17/h1-6,9,13-14H,7-8,10-11H2,(H,21,24)(H,22,23)/t13-,14+/m1/s1. The number of H-pyrrole nitrogens is 1. The van der Waals surface area contributed by atoms with Crippen LogP contribution in [-0.2, 0) is 11.3 Å². The molecule has 1 fully saturated rings. The predicted octanol–water partition coefficient (Wildman–Crippen LogP) is 2.75. The molecule has 0 bridgehead atoms. The van der Waals surface area contributed by atoms with Crippen molar-refractivity contribution in [3.8, 4) is 11.5 Å². The van der Waals surface area contributed by atoms with E-state index < -0.39 is 0 Å². The number of hydrogen-bond acceptors (Lipinski definition) is 4. The first-order valence-electron chi connectivity index (χ1n) is 8.89. The van der Waals surface area contributed by atoms with Crippen LogP contribution in [-0.4, -0.2) is 29.1 Å². The van der Waals surface area contributed by atoms with Crippen LogP contribution in [0.15, 0.2) is 42.5 Å². The van der Waals surface area contributed by atoms with E-state index in [4.69, 9.17) is 9.47 Å². The Morgan fingerprint density at radius 2 is 2.00 bits per heavy atom. The fourth-order valence-electron chi connectivity index (χ4n) is 3.54. The Morgan fingerprint density at radius 1 is 1.15 bits per heavy atom. The number of fused-ring (bicyclic) bond motifs is 2. The number of rotatable bonds is 4. The minimum absolute atomic E-state index is 0.0157. The molecule has 1 aliphatic carbocycles. The summed E-state index contributed by atoms with van der Waals surface area (Å²) >= 11 is 0. The van der Waals surface area contributed by atoms with Crippen molar-refractivity contribution in [1.82, 2.24) is 15.3 Å². The SMILES string of the molecule is O=C(NCc1nc2ccccc2[nH]1)[C@H]1C[C@@H]1c1ccc2c(c1)OCCO2. The zero-order chi connectivity index (χ0) is 17.5. The van der Waals surface area contributed by atoms with E-state index in [0.717, 1.165) is 40.3 Å². The molecule has 0 spiro atoms. The van der Waals surface area contributed by atoms with Gasteiger partial charge in [-0.3, -0.25) is 4.79 Å². The van der Waals surface area contributed by atoms with Gasteiger partial charge in [-0.25, -0.2) is 4.98 Å². The third kappa shape index (κ3) is 2.77. The summed E-state index contributed by atoms with van der Waals surface area (Å²) in [5.74, 6) is 2.68. The van der Waals surface area contributed by atoms with Gasteiger partial charge in [-0.15, -0.1) is 0 Å². The van der Waals surface area contributed by atoms with E-state index in [1.165, 1.54) is 0 Å². The van der Waals surface area contributed by atoms with Crippen molar-refractivity contribution in [1.29, 1.82) is 0 Å². The second-order valence-electron chi connectivity index (χ2n) is 6.77. The number of aromatic nitrogens is 2. The number of hydrogen-bond donors (Lipinski definition) is 2. The number of imidazole rings is 1. The first kappa shape index (κ1) is 15.3. The van der Waals surface area contributed by atoms with Gasteiger partial charge in [0, 0.05) is 5.92 Å². The summed E-state index contributed by atoms with van der Waals surface area (Å²) < 4.78 is 11.2. The fourth-order valence-corrected chi connectivity index (χ4v) is 3.54. The van der Waals surface area contributed by atoms with Crippen molar-refractivity contribution < 1.29 is 14.3 Å². The summed E-state index contributed by atoms with van der Waals surface area (Å²) in [5.41, 5.74) is 3.03. The molecule has 0 radical (unpaired) electrons. The molecule has 5 rings (SSSR count). The zero-order valence-corrected chi connectivity index (χ0v) is 14.2. The quantitative estimate of drug-likeness (QED) is 0.759. The molecular formula is C20H19N3O3. The Morgan fingerprint density at radius 3 is 2.88 bits per heavy atom. The molecule has 2 N–H and O–H groups in total. The number of benzene rings is 2. The highest BCUT2D eigenvalue weighted by Crippen LogP contribution is 2.49. The van der Waals surface area contributed by atoms with Crippen LogP contribution in [0.2, 0.25) is 0 Å². The normalized spacial score (nSPS) is 20.8. The van der Waals surface area contributed by atoms with Gasteiger partial charge in [-0.2, -0.15) is 0 Å². The molecule has 132 valence electrons. The van der Waals surface area contributed by atoms with Crippen molar-refractivity contribution in [3.63, 3.8) is 0 Å². The number of amides is 1. The second kappa shape index (κ2) is 6.05. The molecule has 1 amide bonds. The molecule has 2 aromatic carbocycles. The van der Waals surface area contributed by atoms with E-state index in [1.807, 2.05) is 42.5 Å². The molecular weight excluding hydrogens is 330 g/mol. The molecule has 1 aromatic heterocycles. The lowest BCUT2D eigenvalue weighted by molar-refractivity contribution is -0.122. The number of para-hydroxylation sites is 2. The summed E-state index contributed by atoms with van der Waals surface area (Å²) in [6.07, 6.45) is 0.867. The van der Waals surface area contributed by atoms with Crippen molar-refractivity contribution in [2.75, 3.05) is 13.2 Å². The van der Waals surface area contributed by atoms with Crippen LogP contribution in [0.4, 0.5) is 0 Å². The third-order valence-electron chi connectivity index (χ3n) is 4.99. The number of ether oxygens (including phenoxy) is 2. The van der Waals surface area contributed by atoms with Crippen LogP contribution >= 0.6 is 0 Å². The molecule has 2 heterocycles. The van der Waals surface area contributed by atoms with Crippen LogP contribution in [0, 0.1) is 5.92 Å². The van der Waals surface area contributed by atoms with Gasteiger partial charge in [0.1, 0.15) is 19.0 Å². The number of carbonyl (C=O) groups excluding carboxylic acids is 1. The van der Waals surface area contributed by atoms with E-state index in [-0.39, 0.29) is 17.7 Å². The molecule has 6 nitrogen and oxygen atoms in total. The van der Waals surface area contributed by atoms with Crippen LogP contribution < -0.4 is 14.8 Å². The molecule has 26 heavy (non-hydrogen) atoms. The Hall–Kier alpha value is -3.02. The summed E-state index contributed by atoms with van der Waals surface area (Å²) in [7, 11) is 0. The highest BCUT2D eigenvalue weighted by molar-refractivity contribution is 5.83. The average Bonchev–Trinajstić information content (AvgIpc) is 3.38. The van der Waals surface area contributed by atoms with E-state index in [9.17, 15) is 4.79 Å². The molecule has 0 unspecified atom stereocenters. The van der Waals surface area contributed by atoms with E-state index in [1.54, 1.807) is 0 Å². The van der Waals surface area contributed by atoms with Crippen molar-refractivity contribution in [2.45, 2.75) is 18.9 Å². The van der Waals surface area contributed by atoms with Gasteiger partial charge < -0.3 is 19.8 Å². The van der Waals surface area contributed by atoms with E-state index in [2.05, 4.69) is 15.3 Å². The molecule has 1 saturated carbocycles. The highest BCUT2D eigenvalue weighted by Gasteiger charge is 2.44. The second-order valence-corrected chi connectivity index (χ2v) is 6.77. The Balaban J connectivity index is 1.22. The Labute approximate surface area is 150 Å². The topological polar surface area (TPSA) is 76.2 Å². The average molecular weight is 349 g/mol. The molecule has 2 aliphatic rings. The fraction of sp³-hybridized carbons (Fsp3) is 0.300. The van der Waals surface area contributed by atoms with Gasteiger partial charge in [0.15, 0.2) is 11.5 Å². The largest absolute Gasteiger partial charge is 0.486 e. The van der Waals surface area contributed by atoms with Gasteiger partial charge in [0.05, 0.1) is 17.6 Å². The molecule has 0 saturated heterocycles. The monoisotopic (exact) mass is 349 g/mol. The van der Waals surface area contributed by atoms with Gasteiger partial charge in [0.25, 0.3) is 0 Å². The lowest BCUT2D eigenvalue weighted by atomic mass is 10.1. The van der Waals surface area contributed by atoms with Crippen LogP contribution in [0.5, 0.6) is 11.5 Å². The van der Waals surface area contributed by atoms with E-state index >= 15 is 0 Å². The first-order valence-corrected chi connectivity index (χ1v) is 8.89. The number of nitrogens with one attached hydrogen (secondary N) is 2.